The minimum atomic E-state index is 0.0326. The Morgan fingerprint density at radius 1 is 1.31 bits per heavy atom. The molecule has 1 saturated carbocycles. The van der Waals surface area contributed by atoms with Crippen molar-refractivity contribution in [1.29, 1.82) is 0 Å². The van der Waals surface area contributed by atoms with Gasteiger partial charge in [-0.2, -0.15) is 0 Å². The standard InChI is InChI=1S/C13H21N3/c1-12(2,3)9-6-10(14)16-11(15-9)8-7-13(8,4)5/h6,8H,7H2,1-5H3,(H2,14,15,16). The Labute approximate surface area is 97.5 Å². The van der Waals surface area contributed by atoms with Crippen LogP contribution in [-0.2, 0) is 5.41 Å². The quantitative estimate of drug-likeness (QED) is 0.790. The van der Waals surface area contributed by atoms with Crippen molar-refractivity contribution < 1.29 is 0 Å². The minimum Gasteiger partial charge on any atom is -0.384 e. The Morgan fingerprint density at radius 2 is 1.88 bits per heavy atom. The number of hydrogen-bond acceptors (Lipinski definition) is 3. The van der Waals surface area contributed by atoms with Crippen molar-refractivity contribution in [2.24, 2.45) is 5.41 Å². The van der Waals surface area contributed by atoms with Crippen LogP contribution in [0.4, 0.5) is 5.82 Å². The molecule has 1 unspecified atom stereocenters. The number of nitrogens with two attached hydrogens (primary N) is 1. The Balaban J connectivity index is 2.38. The molecule has 3 nitrogen and oxygen atoms in total. The summed E-state index contributed by atoms with van der Waals surface area (Å²) >= 11 is 0. The van der Waals surface area contributed by atoms with Crippen LogP contribution >= 0.6 is 0 Å². The first-order valence-electron chi connectivity index (χ1n) is 5.85. The average Bonchev–Trinajstić information content (AvgIpc) is 2.72. The van der Waals surface area contributed by atoms with Gasteiger partial charge < -0.3 is 5.73 Å². The number of nitrogens with zero attached hydrogens (tertiary/aromatic N) is 2. The minimum absolute atomic E-state index is 0.0326. The summed E-state index contributed by atoms with van der Waals surface area (Å²) in [5, 5.41) is 0. The molecule has 1 aromatic heterocycles. The molecule has 1 heterocycles. The van der Waals surface area contributed by atoms with Gasteiger partial charge in [0.25, 0.3) is 0 Å². The fourth-order valence-electron chi connectivity index (χ4n) is 1.93. The van der Waals surface area contributed by atoms with Gasteiger partial charge in [0.15, 0.2) is 0 Å². The molecule has 16 heavy (non-hydrogen) atoms. The van der Waals surface area contributed by atoms with E-state index in [0.29, 0.717) is 17.2 Å². The monoisotopic (exact) mass is 219 g/mol. The third-order valence-corrected chi connectivity index (χ3v) is 3.36. The predicted octanol–water partition coefficient (Wildman–Crippen LogP) is 2.87. The molecule has 0 aliphatic heterocycles. The lowest BCUT2D eigenvalue weighted by Crippen LogP contribution is -2.16. The van der Waals surface area contributed by atoms with Gasteiger partial charge in [-0.1, -0.05) is 34.6 Å². The van der Waals surface area contributed by atoms with Crippen LogP contribution in [-0.4, -0.2) is 9.97 Å². The van der Waals surface area contributed by atoms with Gasteiger partial charge in [-0.05, 0) is 11.8 Å². The zero-order valence-corrected chi connectivity index (χ0v) is 10.8. The van der Waals surface area contributed by atoms with E-state index in [1.54, 1.807) is 0 Å². The van der Waals surface area contributed by atoms with Crippen molar-refractivity contribution in [3.63, 3.8) is 0 Å². The Bertz CT molecular complexity index is 416. The Hall–Kier alpha value is -1.12. The maximum atomic E-state index is 5.86. The lowest BCUT2D eigenvalue weighted by atomic mass is 9.92. The Kier molecular flexibility index (Phi) is 2.26. The van der Waals surface area contributed by atoms with Crippen LogP contribution in [0.1, 0.15) is 58.5 Å². The van der Waals surface area contributed by atoms with Crippen LogP contribution in [0.25, 0.3) is 0 Å². The molecule has 0 bridgehead atoms. The highest BCUT2D eigenvalue weighted by molar-refractivity contribution is 5.34. The van der Waals surface area contributed by atoms with E-state index in [0.717, 1.165) is 11.5 Å². The molecule has 1 aliphatic carbocycles. The zero-order valence-electron chi connectivity index (χ0n) is 10.8. The topological polar surface area (TPSA) is 51.8 Å². The van der Waals surface area contributed by atoms with Gasteiger partial charge in [0, 0.05) is 17.4 Å². The molecule has 0 radical (unpaired) electrons. The van der Waals surface area contributed by atoms with Crippen LogP contribution < -0.4 is 5.73 Å². The first kappa shape index (κ1) is 11.4. The molecule has 0 aromatic carbocycles. The molecular weight excluding hydrogens is 198 g/mol. The van der Waals surface area contributed by atoms with Crippen LogP contribution in [0.2, 0.25) is 0 Å². The van der Waals surface area contributed by atoms with Gasteiger partial charge in [0.05, 0.1) is 5.69 Å². The smallest absolute Gasteiger partial charge is 0.134 e. The van der Waals surface area contributed by atoms with Crippen molar-refractivity contribution in [1.82, 2.24) is 9.97 Å². The number of rotatable bonds is 1. The number of aromatic nitrogens is 2. The van der Waals surface area contributed by atoms with Crippen molar-refractivity contribution in [3.8, 4) is 0 Å². The first-order chi connectivity index (χ1) is 7.20. The second-order valence-corrected chi connectivity index (χ2v) is 6.53. The third kappa shape index (κ3) is 2.04. The summed E-state index contributed by atoms with van der Waals surface area (Å²) in [5.74, 6) is 2.00. The molecule has 1 aromatic rings. The fraction of sp³-hybridized carbons (Fsp3) is 0.692. The summed E-state index contributed by atoms with van der Waals surface area (Å²) in [6, 6.07) is 1.89. The third-order valence-electron chi connectivity index (χ3n) is 3.36. The molecular formula is C13H21N3. The van der Waals surface area contributed by atoms with E-state index in [4.69, 9.17) is 5.73 Å². The van der Waals surface area contributed by atoms with Gasteiger partial charge in [-0.15, -0.1) is 0 Å². The maximum absolute atomic E-state index is 5.86. The molecule has 0 saturated heterocycles. The van der Waals surface area contributed by atoms with E-state index in [-0.39, 0.29) is 5.41 Å². The van der Waals surface area contributed by atoms with Crippen LogP contribution in [0.5, 0.6) is 0 Å². The van der Waals surface area contributed by atoms with E-state index in [1.165, 1.54) is 6.42 Å². The Morgan fingerprint density at radius 3 is 2.31 bits per heavy atom. The number of hydrogen-bond donors (Lipinski definition) is 1. The second-order valence-electron chi connectivity index (χ2n) is 6.53. The summed E-state index contributed by atoms with van der Waals surface area (Å²) in [4.78, 5) is 9.04. The van der Waals surface area contributed by atoms with Crippen molar-refractivity contribution in [2.75, 3.05) is 5.73 Å². The molecule has 2 rings (SSSR count). The highest BCUT2D eigenvalue weighted by atomic mass is 15.0. The number of nitrogen functional groups attached to an aromatic ring is 1. The average molecular weight is 219 g/mol. The van der Waals surface area contributed by atoms with Gasteiger partial charge in [0.2, 0.25) is 0 Å². The SMILES string of the molecule is CC(C)(C)c1cc(N)nc(C2CC2(C)C)n1. The summed E-state index contributed by atoms with van der Waals surface area (Å²) in [5.41, 5.74) is 7.28. The van der Waals surface area contributed by atoms with Crippen LogP contribution in [0, 0.1) is 5.41 Å². The van der Waals surface area contributed by atoms with Crippen LogP contribution in [0.15, 0.2) is 6.07 Å². The largest absolute Gasteiger partial charge is 0.384 e. The van der Waals surface area contributed by atoms with Crippen molar-refractivity contribution in [2.45, 2.75) is 52.4 Å². The molecule has 0 spiro atoms. The molecule has 88 valence electrons. The van der Waals surface area contributed by atoms with Crippen molar-refractivity contribution >= 4 is 5.82 Å². The maximum Gasteiger partial charge on any atom is 0.134 e. The lowest BCUT2D eigenvalue weighted by Gasteiger charge is -2.19. The molecule has 1 fully saturated rings. The van der Waals surface area contributed by atoms with Gasteiger partial charge >= 0.3 is 0 Å². The van der Waals surface area contributed by atoms with E-state index >= 15 is 0 Å². The second kappa shape index (κ2) is 3.19. The molecule has 1 aliphatic rings. The van der Waals surface area contributed by atoms with Gasteiger partial charge in [-0.3, -0.25) is 0 Å². The predicted molar refractivity (Wildman–Crippen MR) is 66.3 cm³/mol. The highest BCUT2D eigenvalue weighted by Gasteiger charge is 2.48. The van der Waals surface area contributed by atoms with E-state index in [9.17, 15) is 0 Å². The first-order valence-corrected chi connectivity index (χ1v) is 5.85. The van der Waals surface area contributed by atoms with E-state index in [1.807, 2.05) is 6.07 Å². The summed E-state index contributed by atoms with van der Waals surface area (Å²) in [6.45, 7) is 11.0. The number of anilines is 1. The lowest BCUT2D eigenvalue weighted by molar-refractivity contribution is 0.554. The summed E-state index contributed by atoms with van der Waals surface area (Å²) in [6.07, 6.45) is 1.17. The fourth-order valence-corrected chi connectivity index (χ4v) is 1.93. The summed E-state index contributed by atoms with van der Waals surface area (Å²) < 4.78 is 0. The van der Waals surface area contributed by atoms with E-state index < -0.39 is 0 Å². The van der Waals surface area contributed by atoms with Gasteiger partial charge in [0.1, 0.15) is 11.6 Å². The zero-order chi connectivity index (χ0) is 12.1. The highest BCUT2D eigenvalue weighted by Crippen LogP contribution is 2.57. The van der Waals surface area contributed by atoms with Crippen LogP contribution in [0.3, 0.4) is 0 Å². The molecule has 1 atom stereocenters. The summed E-state index contributed by atoms with van der Waals surface area (Å²) in [7, 11) is 0. The molecule has 3 heteroatoms. The normalized spacial score (nSPS) is 23.2. The van der Waals surface area contributed by atoms with Gasteiger partial charge in [-0.25, -0.2) is 9.97 Å². The van der Waals surface area contributed by atoms with Crippen molar-refractivity contribution in [3.05, 3.63) is 17.6 Å². The van der Waals surface area contributed by atoms with E-state index in [2.05, 4.69) is 44.6 Å². The molecule has 0 amide bonds. The molecule has 2 N–H and O–H groups in total.